The van der Waals surface area contributed by atoms with E-state index in [0.717, 1.165) is 71.1 Å². The Labute approximate surface area is 406 Å². The molecule has 2 N–H and O–H groups in total. The molecule has 1 aliphatic heterocycles. The van der Waals surface area contributed by atoms with E-state index in [2.05, 4.69) is 19.7 Å². The van der Waals surface area contributed by atoms with Crippen molar-refractivity contribution in [2.75, 3.05) is 60.6 Å². The maximum absolute atomic E-state index is 12.5. The number of hydrogen-bond acceptors (Lipinski definition) is 18. The minimum absolute atomic E-state index is 0.0645. The molecular weight excluding hydrogens is 933 g/mol. The lowest BCUT2D eigenvalue weighted by Gasteiger charge is -2.26. The summed E-state index contributed by atoms with van der Waals surface area (Å²) in [5.74, 6) is -1.88. The first kappa shape index (κ1) is 50.2. The number of aromatic nitrogens is 3. The number of carbonyl (C=O) groups excluding carboxylic acids is 1. The van der Waals surface area contributed by atoms with Crippen LogP contribution in [0.4, 0.5) is 0 Å². The molecular formula is C48H54N6O11S3. The van der Waals surface area contributed by atoms with Crippen molar-refractivity contribution in [1.29, 1.82) is 0 Å². The molecule has 68 heavy (non-hydrogen) atoms. The van der Waals surface area contributed by atoms with E-state index >= 15 is 0 Å². The average Bonchev–Trinajstić information content (AvgIpc) is 3.91. The molecule has 0 amide bonds. The largest absolute Gasteiger partial charge is 0.477 e. The van der Waals surface area contributed by atoms with Gasteiger partial charge in [-0.25, -0.2) is 24.5 Å². The zero-order chi connectivity index (χ0) is 48.8. The molecule has 0 aromatic carbocycles. The summed E-state index contributed by atoms with van der Waals surface area (Å²) in [6.07, 6.45) is 0.762. The van der Waals surface area contributed by atoms with E-state index < -0.39 is 11.9 Å². The van der Waals surface area contributed by atoms with Gasteiger partial charge in [0.25, 0.3) is 5.88 Å². The molecule has 20 heteroatoms. The van der Waals surface area contributed by atoms with Crippen molar-refractivity contribution in [2.45, 2.75) is 61.2 Å². The molecule has 360 valence electrons. The van der Waals surface area contributed by atoms with Gasteiger partial charge < -0.3 is 24.9 Å². The van der Waals surface area contributed by atoms with Crippen LogP contribution < -0.4 is 14.7 Å². The van der Waals surface area contributed by atoms with Crippen molar-refractivity contribution in [3.8, 4) is 47.3 Å². The molecule has 0 spiro atoms. The first-order valence-electron chi connectivity index (χ1n) is 21.7. The van der Waals surface area contributed by atoms with Crippen LogP contribution in [-0.2, 0) is 34.3 Å². The first-order chi connectivity index (χ1) is 32.6. The van der Waals surface area contributed by atoms with Crippen molar-refractivity contribution < 1.29 is 53.9 Å². The van der Waals surface area contributed by atoms with Gasteiger partial charge in [0.1, 0.15) is 16.3 Å². The predicted octanol–water partition coefficient (Wildman–Crippen LogP) is 8.76. The topological polar surface area (TPSA) is 195 Å². The minimum atomic E-state index is -1.13. The standard InChI is InChI=1S/C48H54N6O11S3/c1-26-27(2)44(46(58)59)66-41(26)34-18-37(51-40(21-34)63-60-7)24-54-14-11-52(22-35-16-32(19-38(25-55)49-35)42-28(3)30(5)47(67-42)64-61-8)10-12-53(13-15-54)23-36-17-33(20-39(50-36)45(56)57)43-29(4)31(6)48(68-43)65-62-9/h16-21,25H,10-15,22-24H2,1-9H3,(H,56,57)(H,58,59). The molecule has 1 fully saturated rings. The Morgan fingerprint density at radius 3 is 1.41 bits per heavy atom. The Morgan fingerprint density at radius 1 is 0.544 bits per heavy atom. The molecule has 0 atom stereocenters. The number of carboxylic acids is 2. The number of carbonyl (C=O) groups is 3. The van der Waals surface area contributed by atoms with E-state index in [4.69, 9.17) is 39.3 Å². The molecule has 17 nitrogen and oxygen atoms in total. The number of rotatable bonds is 18. The van der Waals surface area contributed by atoms with Gasteiger partial charge in [-0.05, 0) is 111 Å². The van der Waals surface area contributed by atoms with Gasteiger partial charge in [-0.3, -0.25) is 19.5 Å². The lowest BCUT2D eigenvalue weighted by Crippen LogP contribution is -2.36. The van der Waals surface area contributed by atoms with Crippen LogP contribution in [0.5, 0.6) is 16.0 Å². The zero-order valence-electron chi connectivity index (χ0n) is 39.4. The second-order valence-corrected chi connectivity index (χ2v) is 19.4. The van der Waals surface area contributed by atoms with Crippen molar-refractivity contribution in [3.05, 3.63) is 103 Å². The van der Waals surface area contributed by atoms with E-state index in [1.54, 1.807) is 18.2 Å². The van der Waals surface area contributed by atoms with Crippen LogP contribution in [0.25, 0.3) is 31.3 Å². The highest BCUT2D eigenvalue weighted by Gasteiger charge is 2.25. The fourth-order valence-electron chi connectivity index (χ4n) is 8.11. The molecule has 1 saturated heterocycles. The predicted molar refractivity (Wildman–Crippen MR) is 259 cm³/mol. The van der Waals surface area contributed by atoms with E-state index in [-0.39, 0.29) is 16.5 Å². The van der Waals surface area contributed by atoms with Crippen LogP contribution in [0.2, 0.25) is 0 Å². The van der Waals surface area contributed by atoms with Gasteiger partial charge in [0.05, 0.1) is 38.4 Å². The van der Waals surface area contributed by atoms with Crippen LogP contribution in [0.1, 0.15) is 81.1 Å². The SMILES string of the molecule is COOc1cc(-c2sc(C(=O)O)c(C)c2C)cc(CN2CCN(Cc3cc(-c4sc(OOC)c(C)c4C)cc(C=O)n3)CCN(Cc3cc(-c4sc(OOC)c(C)c4C)cc(C(=O)O)n3)CC2)n1. The summed E-state index contributed by atoms with van der Waals surface area (Å²) in [5.41, 5.74) is 9.99. The molecule has 0 bridgehead atoms. The van der Waals surface area contributed by atoms with Gasteiger partial charge in [-0.15, -0.1) is 11.3 Å². The summed E-state index contributed by atoms with van der Waals surface area (Å²) < 4.78 is 0. The van der Waals surface area contributed by atoms with Crippen LogP contribution in [0.15, 0.2) is 36.4 Å². The molecule has 0 unspecified atom stereocenters. The van der Waals surface area contributed by atoms with Gasteiger partial charge in [-0.1, -0.05) is 22.7 Å². The van der Waals surface area contributed by atoms with Crippen molar-refractivity contribution in [2.24, 2.45) is 0 Å². The third kappa shape index (κ3) is 11.4. The normalized spacial score (nSPS) is 14.1. The Morgan fingerprint density at radius 2 is 0.971 bits per heavy atom. The summed E-state index contributed by atoms with van der Waals surface area (Å²) in [5, 5.41) is 21.4. The monoisotopic (exact) mass is 986 g/mol. The number of aldehydes is 1. The number of aromatic carboxylic acids is 2. The van der Waals surface area contributed by atoms with Crippen molar-refractivity contribution >= 4 is 52.2 Å². The van der Waals surface area contributed by atoms with Gasteiger partial charge in [-0.2, -0.15) is 14.7 Å². The van der Waals surface area contributed by atoms with E-state index in [0.29, 0.717) is 91.7 Å². The van der Waals surface area contributed by atoms with E-state index in [1.807, 2.05) is 59.7 Å². The quantitative estimate of drug-likeness (QED) is 0.0471. The third-order valence-electron chi connectivity index (χ3n) is 12.0. The van der Waals surface area contributed by atoms with Crippen LogP contribution in [0.3, 0.4) is 0 Å². The summed E-state index contributed by atoms with van der Waals surface area (Å²) in [6.45, 7) is 16.5. The summed E-state index contributed by atoms with van der Waals surface area (Å²) in [7, 11) is 4.31. The summed E-state index contributed by atoms with van der Waals surface area (Å²) in [4.78, 5) is 92.2. The Balaban J connectivity index is 1.23. The second-order valence-electron chi connectivity index (χ2n) is 16.4. The van der Waals surface area contributed by atoms with Crippen molar-refractivity contribution in [1.82, 2.24) is 29.7 Å². The van der Waals surface area contributed by atoms with Gasteiger partial charge in [0.15, 0.2) is 6.29 Å². The summed E-state index contributed by atoms with van der Waals surface area (Å²) >= 11 is 4.04. The highest BCUT2D eigenvalue weighted by molar-refractivity contribution is 7.18. The minimum Gasteiger partial charge on any atom is -0.477 e. The van der Waals surface area contributed by atoms with E-state index in [9.17, 15) is 24.6 Å². The molecule has 0 aliphatic carbocycles. The highest BCUT2D eigenvalue weighted by atomic mass is 32.1. The average molecular weight is 987 g/mol. The molecule has 7 rings (SSSR count). The Kier molecular flexibility index (Phi) is 16.4. The fourth-order valence-corrected chi connectivity index (χ4v) is 11.5. The maximum atomic E-state index is 12.5. The van der Waals surface area contributed by atoms with Crippen LogP contribution in [0, 0.1) is 41.5 Å². The highest BCUT2D eigenvalue weighted by Crippen LogP contribution is 2.43. The number of nitrogens with zero attached hydrogens (tertiary/aromatic N) is 6. The van der Waals surface area contributed by atoms with Gasteiger partial charge in [0.2, 0.25) is 10.1 Å². The van der Waals surface area contributed by atoms with Gasteiger partial charge >= 0.3 is 11.9 Å². The number of hydrogen-bond donors (Lipinski definition) is 2. The third-order valence-corrected chi connectivity index (χ3v) is 16.1. The number of pyridine rings is 3. The smallest absolute Gasteiger partial charge is 0.354 e. The zero-order valence-corrected chi connectivity index (χ0v) is 41.8. The molecule has 1 aliphatic rings. The van der Waals surface area contributed by atoms with Crippen molar-refractivity contribution in [3.63, 3.8) is 0 Å². The first-order valence-corrected chi connectivity index (χ1v) is 24.1. The fraction of sp³-hybridized carbons (Fsp3) is 0.375. The summed E-state index contributed by atoms with van der Waals surface area (Å²) in [6, 6.07) is 11.0. The van der Waals surface area contributed by atoms with Gasteiger partial charge in [0, 0.05) is 90.7 Å². The number of thiophene rings is 3. The van der Waals surface area contributed by atoms with E-state index in [1.165, 1.54) is 55.3 Å². The molecule has 6 aromatic heterocycles. The Bertz CT molecular complexity index is 2820. The maximum Gasteiger partial charge on any atom is 0.354 e. The lowest BCUT2D eigenvalue weighted by molar-refractivity contribution is -0.181. The van der Waals surface area contributed by atoms with Crippen LogP contribution >= 0.6 is 34.0 Å². The van der Waals surface area contributed by atoms with Crippen LogP contribution in [-0.4, -0.2) is 119 Å². The second kappa shape index (κ2) is 22.2. The number of carboxylic acid groups (broad SMARTS) is 2. The molecule has 7 heterocycles. The molecule has 6 aromatic rings. The molecule has 0 radical (unpaired) electrons. The Hall–Kier alpha value is -5.68. The lowest BCUT2D eigenvalue weighted by atomic mass is 10.1. The molecule has 0 saturated carbocycles.